The third-order valence-corrected chi connectivity index (χ3v) is 7.64. The van der Waals surface area contributed by atoms with Crippen LogP contribution in [0.5, 0.6) is 0 Å². The molecule has 170 valence electrons. The molecule has 2 amide bonds. The van der Waals surface area contributed by atoms with Crippen molar-refractivity contribution >= 4 is 23.2 Å². The molecule has 1 N–H and O–H groups in total. The first-order valence-electron chi connectivity index (χ1n) is 11.2. The molecule has 2 heterocycles. The van der Waals surface area contributed by atoms with Crippen LogP contribution in [-0.4, -0.2) is 40.8 Å². The highest BCUT2D eigenvalue weighted by atomic mass is 32.1. The zero-order valence-corrected chi connectivity index (χ0v) is 19.7. The summed E-state index contributed by atoms with van der Waals surface area (Å²) in [5.41, 5.74) is 3.46. The van der Waals surface area contributed by atoms with Crippen molar-refractivity contribution in [3.05, 3.63) is 75.7 Å². The first kappa shape index (κ1) is 21.8. The number of aromatic nitrogens is 1. The van der Waals surface area contributed by atoms with E-state index in [1.54, 1.807) is 12.1 Å². The van der Waals surface area contributed by atoms with Crippen molar-refractivity contribution in [1.29, 1.82) is 0 Å². The molecule has 3 aromatic rings. The molecule has 5 rings (SSSR count). The van der Waals surface area contributed by atoms with Crippen molar-refractivity contribution in [2.24, 2.45) is 11.8 Å². The van der Waals surface area contributed by atoms with Gasteiger partial charge in [0.15, 0.2) is 0 Å². The summed E-state index contributed by atoms with van der Waals surface area (Å²) in [7, 11) is 0. The Morgan fingerprint density at radius 1 is 1.15 bits per heavy atom. The lowest BCUT2D eigenvalue weighted by Crippen LogP contribution is -2.45. The molecule has 0 radical (unpaired) electrons. The third-order valence-electron chi connectivity index (χ3n) is 6.62. The molecule has 3 atom stereocenters. The molecule has 1 saturated carbocycles. The smallest absolute Gasteiger partial charge is 0.274 e. The van der Waals surface area contributed by atoms with Gasteiger partial charge in [-0.3, -0.25) is 9.59 Å². The van der Waals surface area contributed by atoms with Crippen LogP contribution in [0.4, 0.5) is 4.39 Å². The number of likely N-dealkylation sites (tertiary alicyclic amines) is 1. The van der Waals surface area contributed by atoms with Crippen LogP contribution in [0.3, 0.4) is 0 Å². The van der Waals surface area contributed by atoms with Gasteiger partial charge < -0.3 is 10.2 Å². The average Bonchev–Trinajstić information content (AvgIpc) is 3.30. The summed E-state index contributed by atoms with van der Waals surface area (Å²) in [5.74, 6) is -0.239. The van der Waals surface area contributed by atoms with Gasteiger partial charge in [0.1, 0.15) is 11.5 Å². The molecule has 5 nitrogen and oxygen atoms in total. The lowest BCUT2D eigenvalue weighted by molar-refractivity contribution is 0.0690. The van der Waals surface area contributed by atoms with Gasteiger partial charge in [-0.2, -0.15) is 0 Å². The fraction of sp³-hybridized carbons (Fsp3) is 0.346. The highest BCUT2D eigenvalue weighted by Crippen LogP contribution is 2.50. The molecule has 1 aliphatic heterocycles. The van der Waals surface area contributed by atoms with Gasteiger partial charge in [-0.15, -0.1) is 11.3 Å². The van der Waals surface area contributed by atoms with Crippen molar-refractivity contribution in [2.45, 2.75) is 33.2 Å². The van der Waals surface area contributed by atoms with E-state index in [2.05, 4.69) is 16.4 Å². The second kappa shape index (κ2) is 8.37. The SMILES string of the molecule is Cc1cccc(-c2sc(C)nc2C(=O)N2C[C@@H]3C[C@@H]3[C@H]2CNC(=O)c2cc(C)ccc2F)c1. The molecule has 1 aromatic heterocycles. The van der Waals surface area contributed by atoms with E-state index in [1.165, 1.54) is 17.4 Å². The molecule has 0 bridgehead atoms. The van der Waals surface area contributed by atoms with Crippen LogP contribution < -0.4 is 5.32 Å². The number of nitrogens with one attached hydrogen (secondary N) is 1. The number of amides is 2. The number of hydrogen-bond acceptors (Lipinski definition) is 4. The van der Waals surface area contributed by atoms with E-state index in [9.17, 15) is 14.0 Å². The van der Waals surface area contributed by atoms with Crippen LogP contribution in [0.1, 0.15) is 43.4 Å². The normalized spacial score (nSPS) is 21.1. The van der Waals surface area contributed by atoms with Gasteiger partial charge in [0, 0.05) is 13.1 Å². The minimum atomic E-state index is -0.539. The summed E-state index contributed by atoms with van der Waals surface area (Å²) in [6.45, 7) is 6.75. The van der Waals surface area contributed by atoms with Gasteiger partial charge in [-0.1, -0.05) is 41.5 Å². The van der Waals surface area contributed by atoms with Crippen LogP contribution in [0.25, 0.3) is 10.4 Å². The van der Waals surface area contributed by atoms with E-state index >= 15 is 0 Å². The second-order valence-electron chi connectivity index (χ2n) is 9.16. The Morgan fingerprint density at radius 3 is 2.73 bits per heavy atom. The number of benzene rings is 2. The molecule has 7 heteroatoms. The largest absolute Gasteiger partial charge is 0.350 e. The predicted molar refractivity (Wildman–Crippen MR) is 127 cm³/mol. The van der Waals surface area contributed by atoms with Crippen LogP contribution in [0.2, 0.25) is 0 Å². The van der Waals surface area contributed by atoms with E-state index in [0.29, 0.717) is 30.6 Å². The average molecular weight is 464 g/mol. The van der Waals surface area contributed by atoms with E-state index in [1.807, 2.05) is 43.9 Å². The number of thiazole rings is 1. The molecule has 0 unspecified atom stereocenters. The number of halogens is 1. The quantitative estimate of drug-likeness (QED) is 0.593. The topological polar surface area (TPSA) is 62.3 Å². The summed E-state index contributed by atoms with van der Waals surface area (Å²) < 4.78 is 14.1. The summed E-state index contributed by atoms with van der Waals surface area (Å²) in [5, 5.41) is 3.72. The fourth-order valence-corrected chi connectivity index (χ4v) is 5.77. The van der Waals surface area contributed by atoms with E-state index in [4.69, 9.17) is 0 Å². The minimum Gasteiger partial charge on any atom is -0.350 e. The highest BCUT2D eigenvalue weighted by molar-refractivity contribution is 7.15. The van der Waals surface area contributed by atoms with E-state index in [-0.39, 0.29) is 17.5 Å². The lowest BCUT2D eigenvalue weighted by Gasteiger charge is -2.27. The van der Waals surface area contributed by atoms with Crippen molar-refractivity contribution in [2.75, 3.05) is 13.1 Å². The van der Waals surface area contributed by atoms with E-state index in [0.717, 1.165) is 33.0 Å². The number of piperidine rings is 1. The number of carbonyl (C=O) groups excluding carboxylic acids is 2. The van der Waals surface area contributed by atoms with Crippen molar-refractivity contribution in [3.63, 3.8) is 0 Å². The maximum atomic E-state index is 14.1. The maximum absolute atomic E-state index is 14.1. The molecule has 0 spiro atoms. The lowest BCUT2D eigenvalue weighted by atomic mass is 10.1. The zero-order chi connectivity index (χ0) is 23.3. The number of rotatable bonds is 5. The van der Waals surface area contributed by atoms with Crippen LogP contribution in [-0.2, 0) is 0 Å². The van der Waals surface area contributed by atoms with Gasteiger partial charge in [0.05, 0.1) is 21.5 Å². The molecule has 2 aliphatic rings. The zero-order valence-electron chi connectivity index (χ0n) is 18.9. The predicted octanol–water partition coefficient (Wildman–Crippen LogP) is 4.76. The Kier molecular flexibility index (Phi) is 5.52. The van der Waals surface area contributed by atoms with Crippen LogP contribution in [0.15, 0.2) is 42.5 Å². The second-order valence-corrected chi connectivity index (χ2v) is 10.4. The summed E-state index contributed by atoms with van der Waals surface area (Å²) in [6, 6.07) is 12.5. The van der Waals surface area contributed by atoms with Gasteiger partial charge >= 0.3 is 0 Å². The molecule has 1 aliphatic carbocycles. The highest BCUT2D eigenvalue weighted by Gasteiger charge is 2.54. The Hall–Kier alpha value is -3.06. The Bertz CT molecular complexity index is 1250. The molecular formula is C26H26FN3O2S. The van der Waals surface area contributed by atoms with Crippen molar-refractivity contribution in [1.82, 2.24) is 15.2 Å². The van der Waals surface area contributed by atoms with Gasteiger partial charge in [-0.05, 0) is 56.7 Å². The van der Waals surface area contributed by atoms with E-state index < -0.39 is 11.7 Å². The number of nitrogens with zero attached hydrogens (tertiary/aromatic N) is 2. The third kappa shape index (κ3) is 4.17. The minimum absolute atomic E-state index is 0.0371. The first-order valence-corrected chi connectivity index (χ1v) is 12.0. The fourth-order valence-electron chi connectivity index (χ4n) is 4.86. The standard InChI is InChI=1S/C26H26FN3O2S/c1-14-5-4-6-17(9-14)24-23(29-16(3)33-24)26(32)30-13-18-11-19(18)22(30)12-28-25(31)20-10-15(2)7-8-21(20)27/h4-10,18-19,22H,11-13H2,1-3H3,(H,28,31)/t18-,19-,22+/m0/s1. The number of carbonyl (C=O) groups is 2. The van der Waals surface area contributed by atoms with Gasteiger partial charge in [0.25, 0.3) is 11.8 Å². The van der Waals surface area contributed by atoms with Crippen LogP contribution >= 0.6 is 11.3 Å². The van der Waals surface area contributed by atoms with Gasteiger partial charge in [0.2, 0.25) is 0 Å². The van der Waals surface area contributed by atoms with Crippen molar-refractivity contribution < 1.29 is 14.0 Å². The summed E-state index contributed by atoms with van der Waals surface area (Å²) in [4.78, 5) is 33.6. The van der Waals surface area contributed by atoms with Crippen LogP contribution in [0, 0.1) is 38.4 Å². The molecule has 33 heavy (non-hydrogen) atoms. The first-order chi connectivity index (χ1) is 15.8. The number of fused-ring (bicyclic) bond motifs is 1. The summed E-state index contributed by atoms with van der Waals surface area (Å²) >= 11 is 1.52. The van der Waals surface area contributed by atoms with Crippen molar-refractivity contribution in [3.8, 4) is 10.4 Å². The number of hydrogen-bond donors (Lipinski definition) is 1. The molecule has 2 fully saturated rings. The Balaban J connectivity index is 1.36. The molecule has 2 aromatic carbocycles. The molecular weight excluding hydrogens is 437 g/mol. The molecule has 1 saturated heterocycles. The number of aryl methyl sites for hydroxylation is 3. The monoisotopic (exact) mass is 463 g/mol. The summed E-state index contributed by atoms with van der Waals surface area (Å²) in [6.07, 6.45) is 1.06. The Morgan fingerprint density at radius 2 is 1.94 bits per heavy atom. The maximum Gasteiger partial charge on any atom is 0.274 e. The van der Waals surface area contributed by atoms with Gasteiger partial charge in [-0.25, -0.2) is 9.37 Å². The Labute approximate surface area is 196 Å².